The summed E-state index contributed by atoms with van der Waals surface area (Å²) < 4.78 is 33.3. The second kappa shape index (κ2) is 7.81. The first-order chi connectivity index (χ1) is 12.4. The number of sulfonamides is 1. The third kappa shape index (κ3) is 4.56. The maximum absolute atomic E-state index is 12.5. The smallest absolute Gasteiger partial charge is 0.261 e. The molecule has 4 nitrogen and oxygen atoms in total. The van der Waals surface area contributed by atoms with Gasteiger partial charge in [-0.05, 0) is 48.9 Å². The van der Waals surface area contributed by atoms with Gasteiger partial charge < -0.3 is 4.74 Å². The second-order valence-electron chi connectivity index (χ2n) is 5.84. The Morgan fingerprint density at radius 1 is 0.962 bits per heavy atom. The molecule has 0 spiro atoms. The summed E-state index contributed by atoms with van der Waals surface area (Å²) >= 11 is 6.07. The zero-order valence-corrected chi connectivity index (χ0v) is 15.7. The van der Waals surface area contributed by atoms with Crippen molar-refractivity contribution in [3.63, 3.8) is 0 Å². The minimum Gasteiger partial charge on any atom is -0.487 e. The van der Waals surface area contributed by atoms with Gasteiger partial charge in [0.25, 0.3) is 10.0 Å². The van der Waals surface area contributed by atoms with Crippen molar-refractivity contribution in [3.05, 3.63) is 88.9 Å². The Balaban J connectivity index is 1.73. The molecule has 0 atom stereocenters. The normalized spacial score (nSPS) is 11.2. The summed E-state index contributed by atoms with van der Waals surface area (Å²) in [5.41, 5.74) is 2.31. The Hall–Kier alpha value is -2.50. The third-order valence-electron chi connectivity index (χ3n) is 3.74. The highest BCUT2D eigenvalue weighted by Gasteiger charge is 2.14. The lowest BCUT2D eigenvalue weighted by molar-refractivity contribution is 0.306. The molecule has 0 saturated carbocycles. The molecule has 0 heterocycles. The Kier molecular flexibility index (Phi) is 5.49. The van der Waals surface area contributed by atoms with Gasteiger partial charge in [-0.25, -0.2) is 8.42 Å². The van der Waals surface area contributed by atoms with E-state index in [1.54, 1.807) is 54.6 Å². The van der Waals surface area contributed by atoms with E-state index in [9.17, 15) is 8.42 Å². The van der Waals surface area contributed by atoms with E-state index in [0.29, 0.717) is 16.5 Å². The molecular weight excluding hydrogens is 370 g/mol. The quantitative estimate of drug-likeness (QED) is 0.645. The number of nitrogens with one attached hydrogen (secondary N) is 1. The molecule has 0 aliphatic carbocycles. The molecule has 0 bridgehead atoms. The van der Waals surface area contributed by atoms with Crippen molar-refractivity contribution < 1.29 is 13.2 Å². The van der Waals surface area contributed by atoms with E-state index < -0.39 is 10.0 Å². The van der Waals surface area contributed by atoms with Gasteiger partial charge in [-0.3, -0.25) is 4.72 Å². The monoisotopic (exact) mass is 387 g/mol. The molecule has 0 radical (unpaired) electrons. The molecule has 6 heteroatoms. The second-order valence-corrected chi connectivity index (χ2v) is 7.93. The van der Waals surface area contributed by atoms with Crippen LogP contribution in [0.15, 0.2) is 77.7 Å². The van der Waals surface area contributed by atoms with Crippen molar-refractivity contribution in [1.29, 1.82) is 0 Å². The molecular formula is C20H18ClNO3S. The average molecular weight is 388 g/mol. The van der Waals surface area contributed by atoms with Gasteiger partial charge in [0, 0.05) is 5.69 Å². The molecule has 0 unspecified atom stereocenters. The van der Waals surface area contributed by atoms with Crippen LogP contribution in [-0.2, 0) is 16.6 Å². The van der Waals surface area contributed by atoms with Gasteiger partial charge in [-0.2, -0.15) is 0 Å². The molecule has 134 valence electrons. The molecule has 0 fully saturated rings. The van der Waals surface area contributed by atoms with Crippen molar-refractivity contribution in [1.82, 2.24) is 0 Å². The summed E-state index contributed by atoms with van der Waals surface area (Å²) in [5.74, 6) is 0.583. The molecule has 0 amide bonds. The lowest BCUT2D eigenvalue weighted by Gasteiger charge is -2.11. The summed E-state index contributed by atoms with van der Waals surface area (Å²) in [6, 6.07) is 21.0. The van der Waals surface area contributed by atoms with E-state index in [1.807, 2.05) is 25.1 Å². The number of aryl methyl sites for hydroxylation is 1. The lowest BCUT2D eigenvalue weighted by Crippen LogP contribution is -2.13. The van der Waals surface area contributed by atoms with Crippen molar-refractivity contribution in [2.24, 2.45) is 0 Å². The maximum Gasteiger partial charge on any atom is 0.261 e. The van der Waals surface area contributed by atoms with Crippen molar-refractivity contribution >= 4 is 27.3 Å². The number of halogens is 1. The minimum absolute atomic E-state index is 0.223. The topological polar surface area (TPSA) is 55.4 Å². The van der Waals surface area contributed by atoms with Crippen LogP contribution in [0.2, 0.25) is 5.02 Å². The Morgan fingerprint density at radius 3 is 2.42 bits per heavy atom. The van der Waals surface area contributed by atoms with Crippen molar-refractivity contribution in [3.8, 4) is 5.75 Å². The fraction of sp³-hybridized carbons (Fsp3) is 0.100. The van der Waals surface area contributed by atoms with E-state index in [-0.39, 0.29) is 11.5 Å². The van der Waals surface area contributed by atoms with Crippen LogP contribution in [0.1, 0.15) is 11.1 Å². The SMILES string of the molecule is Cc1ccc(S(=O)(=O)Nc2cccc(COc3ccccc3Cl)c2)cc1. The molecule has 0 aromatic heterocycles. The highest BCUT2D eigenvalue weighted by Crippen LogP contribution is 2.25. The van der Waals surface area contributed by atoms with E-state index in [0.717, 1.165) is 11.1 Å². The van der Waals surface area contributed by atoms with Gasteiger partial charge in [0.2, 0.25) is 0 Å². The van der Waals surface area contributed by atoms with E-state index in [2.05, 4.69) is 4.72 Å². The van der Waals surface area contributed by atoms with Crippen LogP contribution < -0.4 is 9.46 Å². The molecule has 3 aromatic rings. The first-order valence-electron chi connectivity index (χ1n) is 8.00. The Bertz CT molecular complexity index is 1000. The highest BCUT2D eigenvalue weighted by molar-refractivity contribution is 7.92. The fourth-order valence-electron chi connectivity index (χ4n) is 2.38. The summed E-state index contributed by atoms with van der Waals surface area (Å²) in [7, 11) is -3.63. The highest BCUT2D eigenvalue weighted by atomic mass is 35.5. The van der Waals surface area contributed by atoms with Crippen molar-refractivity contribution in [2.45, 2.75) is 18.4 Å². The largest absolute Gasteiger partial charge is 0.487 e. The number of ether oxygens (including phenoxy) is 1. The molecule has 0 aliphatic heterocycles. The Morgan fingerprint density at radius 2 is 1.69 bits per heavy atom. The molecule has 3 aromatic carbocycles. The van der Waals surface area contributed by atoms with Crippen LogP contribution >= 0.6 is 11.6 Å². The van der Waals surface area contributed by atoms with Crippen LogP contribution in [0, 0.1) is 6.92 Å². The number of benzene rings is 3. The van der Waals surface area contributed by atoms with Crippen LogP contribution in [0.5, 0.6) is 5.75 Å². The third-order valence-corrected chi connectivity index (χ3v) is 5.45. The predicted molar refractivity (Wildman–Crippen MR) is 104 cm³/mol. The van der Waals surface area contributed by atoms with E-state index in [1.165, 1.54) is 0 Å². The number of para-hydroxylation sites is 1. The number of hydrogen-bond acceptors (Lipinski definition) is 3. The van der Waals surface area contributed by atoms with Gasteiger partial charge in [0.15, 0.2) is 0 Å². The van der Waals surface area contributed by atoms with Gasteiger partial charge in [0.05, 0.1) is 9.92 Å². The zero-order chi connectivity index (χ0) is 18.6. The van der Waals surface area contributed by atoms with Crippen molar-refractivity contribution in [2.75, 3.05) is 4.72 Å². The Labute approximate surface area is 158 Å². The summed E-state index contributed by atoms with van der Waals surface area (Å²) in [6.45, 7) is 2.19. The number of anilines is 1. The minimum atomic E-state index is -3.63. The van der Waals surface area contributed by atoms with Crippen LogP contribution in [0.25, 0.3) is 0 Å². The lowest BCUT2D eigenvalue weighted by atomic mass is 10.2. The molecule has 0 saturated heterocycles. The average Bonchev–Trinajstić information content (AvgIpc) is 2.61. The maximum atomic E-state index is 12.5. The van der Waals surface area contributed by atoms with E-state index in [4.69, 9.17) is 16.3 Å². The number of rotatable bonds is 6. The first kappa shape index (κ1) is 18.3. The summed E-state index contributed by atoms with van der Waals surface area (Å²) in [4.78, 5) is 0.223. The summed E-state index contributed by atoms with van der Waals surface area (Å²) in [5, 5.41) is 0.531. The predicted octanol–water partition coefficient (Wildman–Crippen LogP) is 5.03. The molecule has 3 rings (SSSR count). The molecule has 1 N–H and O–H groups in total. The zero-order valence-electron chi connectivity index (χ0n) is 14.1. The molecule has 0 aliphatic rings. The van der Waals surface area contributed by atoms with Gasteiger partial charge in [-0.1, -0.05) is 53.6 Å². The van der Waals surface area contributed by atoms with Crippen LogP contribution in [0.4, 0.5) is 5.69 Å². The first-order valence-corrected chi connectivity index (χ1v) is 9.86. The van der Waals surface area contributed by atoms with Gasteiger partial charge >= 0.3 is 0 Å². The van der Waals surface area contributed by atoms with Crippen LogP contribution in [-0.4, -0.2) is 8.42 Å². The van der Waals surface area contributed by atoms with Gasteiger partial charge in [0.1, 0.15) is 12.4 Å². The fourth-order valence-corrected chi connectivity index (χ4v) is 3.62. The van der Waals surface area contributed by atoms with Crippen LogP contribution in [0.3, 0.4) is 0 Å². The summed E-state index contributed by atoms with van der Waals surface area (Å²) in [6.07, 6.45) is 0. The molecule has 26 heavy (non-hydrogen) atoms. The standard InChI is InChI=1S/C20H18ClNO3S/c1-15-9-11-18(12-10-15)26(23,24)22-17-6-4-5-16(13-17)14-25-20-8-3-2-7-19(20)21/h2-13,22H,14H2,1H3. The van der Waals surface area contributed by atoms with Gasteiger partial charge in [-0.15, -0.1) is 0 Å². The van der Waals surface area contributed by atoms with E-state index >= 15 is 0 Å². The number of hydrogen-bond donors (Lipinski definition) is 1.